The van der Waals surface area contributed by atoms with Gasteiger partial charge in [0.1, 0.15) is 13.2 Å². The smallest absolute Gasteiger partial charge is 0.306 e. The summed E-state index contributed by atoms with van der Waals surface area (Å²) in [6, 6.07) is 0. The molecule has 0 aromatic heterocycles. The topological polar surface area (TPSA) is 78.9 Å². The molecule has 0 aromatic rings. The second-order valence-electron chi connectivity index (χ2n) is 18.8. The van der Waals surface area contributed by atoms with Crippen LogP contribution in [-0.4, -0.2) is 37.2 Å². The van der Waals surface area contributed by atoms with Gasteiger partial charge in [-0.15, -0.1) is 0 Å². The van der Waals surface area contributed by atoms with Crippen LogP contribution in [0.25, 0.3) is 0 Å². The molecule has 0 unspecified atom stereocenters. The molecule has 6 nitrogen and oxygen atoms in total. The molecule has 0 aliphatic carbocycles. The highest BCUT2D eigenvalue weighted by Crippen LogP contribution is 2.17. The molecular formula is C52H100O6. The highest BCUT2D eigenvalue weighted by Gasteiger charge is 2.19. The zero-order valence-corrected chi connectivity index (χ0v) is 39.7. The lowest BCUT2D eigenvalue weighted by Crippen LogP contribution is -2.30. The van der Waals surface area contributed by atoms with Gasteiger partial charge in [-0.1, -0.05) is 247 Å². The molecule has 0 heterocycles. The summed E-state index contributed by atoms with van der Waals surface area (Å²) in [4.78, 5) is 37.9. The number of rotatable bonds is 46. The Labute approximate surface area is 361 Å². The van der Waals surface area contributed by atoms with Gasteiger partial charge in [0.2, 0.25) is 0 Å². The van der Waals surface area contributed by atoms with Crippen molar-refractivity contribution in [3.63, 3.8) is 0 Å². The first kappa shape index (κ1) is 56.4. The Hall–Kier alpha value is -1.59. The average molecular weight is 821 g/mol. The van der Waals surface area contributed by atoms with Crippen LogP contribution in [0.2, 0.25) is 0 Å². The van der Waals surface area contributed by atoms with Crippen molar-refractivity contribution in [1.29, 1.82) is 0 Å². The van der Waals surface area contributed by atoms with E-state index in [0.29, 0.717) is 19.3 Å². The molecule has 0 N–H and O–H groups in total. The maximum absolute atomic E-state index is 12.8. The highest BCUT2D eigenvalue weighted by atomic mass is 16.6. The van der Waals surface area contributed by atoms with E-state index in [4.69, 9.17) is 14.2 Å². The van der Waals surface area contributed by atoms with Crippen molar-refractivity contribution in [2.24, 2.45) is 11.8 Å². The maximum atomic E-state index is 12.8. The van der Waals surface area contributed by atoms with Crippen LogP contribution in [0.1, 0.15) is 285 Å². The molecule has 0 spiro atoms. The Balaban J connectivity index is 4.29. The molecule has 0 saturated carbocycles. The highest BCUT2D eigenvalue weighted by molar-refractivity contribution is 5.71. The van der Waals surface area contributed by atoms with Crippen molar-refractivity contribution < 1.29 is 28.6 Å². The SMILES string of the molecule is CCCCCCCCCCCCCCC(=O)OC[C@H](COC(=O)CCCCCCCCCCC(C)C)OC(=O)CCCCCCCCCCCCCCCCC(C)C. The molecule has 0 amide bonds. The molecule has 0 aromatic carbocycles. The average Bonchev–Trinajstić information content (AvgIpc) is 3.19. The first-order chi connectivity index (χ1) is 28.2. The van der Waals surface area contributed by atoms with Crippen LogP contribution >= 0.6 is 0 Å². The van der Waals surface area contributed by atoms with Gasteiger partial charge in [0, 0.05) is 19.3 Å². The number of carbonyl (C=O) groups is 3. The van der Waals surface area contributed by atoms with Crippen LogP contribution in [0.3, 0.4) is 0 Å². The molecule has 0 radical (unpaired) electrons. The van der Waals surface area contributed by atoms with Crippen LogP contribution < -0.4 is 0 Å². The Morgan fingerprint density at radius 3 is 0.845 bits per heavy atom. The second kappa shape index (κ2) is 44.9. The number of unbranched alkanes of at least 4 members (excludes halogenated alkanes) is 31. The van der Waals surface area contributed by atoms with Crippen LogP contribution in [0.15, 0.2) is 0 Å². The molecule has 344 valence electrons. The molecule has 58 heavy (non-hydrogen) atoms. The van der Waals surface area contributed by atoms with Crippen molar-refractivity contribution in [1.82, 2.24) is 0 Å². The molecule has 6 heteroatoms. The van der Waals surface area contributed by atoms with Gasteiger partial charge < -0.3 is 14.2 Å². The number of hydrogen-bond donors (Lipinski definition) is 0. The summed E-state index contributed by atoms with van der Waals surface area (Å²) in [6.07, 6.45) is 45.2. The fourth-order valence-electron chi connectivity index (χ4n) is 7.81. The number of hydrogen-bond acceptors (Lipinski definition) is 6. The predicted octanol–water partition coefficient (Wildman–Crippen LogP) is 16.5. The second-order valence-corrected chi connectivity index (χ2v) is 18.8. The van der Waals surface area contributed by atoms with E-state index in [9.17, 15) is 14.4 Å². The summed E-state index contributed by atoms with van der Waals surface area (Å²) in [7, 11) is 0. The van der Waals surface area contributed by atoms with E-state index in [0.717, 1.165) is 69.6 Å². The Kier molecular flexibility index (Phi) is 43.7. The first-order valence-electron chi connectivity index (χ1n) is 25.7. The van der Waals surface area contributed by atoms with Crippen LogP contribution in [0.5, 0.6) is 0 Å². The van der Waals surface area contributed by atoms with Gasteiger partial charge in [0.05, 0.1) is 0 Å². The number of ether oxygens (including phenoxy) is 3. The summed E-state index contributed by atoms with van der Waals surface area (Å²) in [5.74, 6) is 0.790. The van der Waals surface area contributed by atoms with Crippen molar-refractivity contribution in [2.45, 2.75) is 291 Å². The molecule has 0 aliphatic heterocycles. The normalized spacial score (nSPS) is 12.1. The van der Waals surface area contributed by atoms with Gasteiger partial charge in [-0.2, -0.15) is 0 Å². The standard InChI is InChI=1S/C52H100O6/c1-6-7-8-9-10-11-12-18-21-27-32-37-42-50(53)56-45-49(46-57-51(54)43-38-33-28-24-23-26-31-36-41-48(4)5)58-52(55)44-39-34-29-22-19-16-14-13-15-17-20-25-30-35-40-47(2)3/h47-49H,6-46H2,1-5H3/t49-/m1/s1. The molecule has 0 fully saturated rings. The van der Waals surface area contributed by atoms with Gasteiger partial charge in [-0.3, -0.25) is 14.4 Å². The Bertz CT molecular complexity index is 885. The van der Waals surface area contributed by atoms with Crippen LogP contribution in [0.4, 0.5) is 0 Å². The lowest BCUT2D eigenvalue weighted by Gasteiger charge is -2.18. The minimum Gasteiger partial charge on any atom is -0.462 e. The molecular weight excluding hydrogens is 721 g/mol. The summed E-state index contributed by atoms with van der Waals surface area (Å²) >= 11 is 0. The van der Waals surface area contributed by atoms with Crippen molar-refractivity contribution in [3.05, 3.63) is 0 Å². The summed E-state index contributed by atoms with van der Waals surface area (Å²) in [5.41, 5.74) is 0. The fraction of sp³-hybridized carbons (Fsp3) is 0.942. The largest absolute Gasteiger partial charge is 0.462 e. The van der Waals surface area contributed by atoms with Gasteiger partial charge in [0.15, 0.2) is 6.10 Å². The zero-order valence-electron chi connectivity index (χ0n) is 39.7. The third kappa shape index (κ3) is 45.5. The quantitative estimate of drug-likeness (QED) is 0.0346. The third-order valence-corrected chi connectivity index (χ3v) is 11.7. The van der Waals surface area contributed by atoms with Gasteiger partial charge >= 0.3 is 17.9 Å². The van der Waals surface area contributed by atoms with E-state index in [1.807, 2.05) is 0 Å². The van der Waals surface area contributed by atoms with Crippen molar-refractivity contribution in [3.8, 4) is 0 Å². The lowest BCUT2D eigenvalue weighted by molar-refractivity contribution is -0.167. The maximum Gasteiger partial charge on any atom is 0.306 e. The summed E-state index contributed by atoms with van der Waals surface area (Å²) in [5, 5.41) is 0. The first-order valence-corrected chi connectivity index (χ1v) is 25.7. The summed E-state index contributed by atoms with van der Waals surface area (Å²) < 4.78 is 16.8. The minimum absolute atomic E-state index is 0.0639. The summed E-state index contributed by atoms with van der Waals surface area (Å²) in [6.45, 7) is 11.3. The lowest BCUT2D eigenvalue weighted by atomic mass is 10.0. The van der Waals surface area contributed by atoms with Gasteiger partial charge in [0.25, 0.3) is 0 Å². The van der Waals surface area contributed by atoms with E-state index in [-0.39, 0.29) is 31.1 Å². The Morgan fingerprint density at radius 2 is 0.569 bits per heavy atom. The van der Waals surface area contributed by atoms with E-state index >= 15 is 0 Å². The van der Waals surface area contributed by atoms with E-state index in [1.165, 1.54) is 173 Å². The van der Waals surface area contributed by atoms with E-state index in [2.05, 4.69) is 34.6 Å². The number of esters is 3. The minimum atomic E-state index is -0.761. The van der Waals surface area contributed by atoms with Crippen molar-refractivity contribution >= 4 is 17.9 Å². The van der Waals surface area contributed by atoms with Crippen LogP contribution in [-0.2, 0) is 28.6 Å². The fourth-order valence-corrected chi connectivity index (χ4v) is 7.81. The van der Waals surface area contributed by atoms with Crippen LogP contribution in [0, 0.1) is 11.8 Å². The molecule has 1 atom stereocenters. The predicted molar refractivity (Wildman–Crippen MR) is 247 cm³/mol. The number of carbonyl (C=O) groups excluding carboxylic acids is 3. The zero-order chi connectivity index (χ0) is 42.6. The molecule has 0 rings (SSSR count). The van der Waals surface area contributed by atoms with E-state index < -0.39 is 6.10 Å². The van der Waals surface area contributed by atoms with Crippen molar-refractivity contribution in [2.75, 3.05) is 13.2 Å². The van der Waals surface area contributed by atoms with E-state index in [1.54, 1.807) is 0 Å². The molecule has 0 saturated heterocycles. The molecule has 0 aliphatic rings. The molecule has 0 bridgehead atoms. The monoisotopic (exact) mass is 821 g/mol. The Morgan fingerprint density at radius 1 is 0.328 bits per heavy atom. The van der Waals surface area contributed by atoms with Gasteiger partial charge in [-0.05, 0) is 31.1 Å². The van der Waals surface area contributed by atoms with Gasteiger partial charge in [-0.25, -0.2) is 0 Å². The third-order valence-electron chi connectivity index (χ3n) is 11.7.